The van der Waals surface area contributed by atoms with Crippen molar-refractivity contribution in [3.8, 4) is 0 Å². The normalized spacial score (nSPS) is 19.9. The first kappa shape index (κ1) is 14.7. The molecule has 5 nitrogen and oxygen atoms in total. The third-order valence-corrected chi connectivity index (χ3v) is 4.08. The van der Waals surface area contributed by atoms with Crippen molar-refractivity contribution in [3.05, 3.63) is 35.4 Å². The highest BCUT2D eigenvalue weighted by Crippen LogP contribution is 2.21. The van der Waals surface area contributed by atoms with E-state index in [1.807, 2.05) is 6.07 Å². The molecule has 1 heterocycles. The van der Waals surface area contributed by atoms with E-state index in [-0.39, 0.29) is 5.91 Å². The van der Waals surface area contributed by atoms with Crippen LogP contribution in [0.1, 0.15) is 28.8 Å². The maximum Gasteiger partial charge on any atom is 0.326 e. The number of amides is 1. The van der Waals surface area contributed by atoms with E-state index < -0.39 is 22.8 Å². The van der Waals surface area contributed by atoms with Crippen molar-refractivity contribution < 1.29 is 18.9 Å². The Morgan fingerprint density at radius 2 is 2.20 bits per heavy atom. The highest BCUT2D eigenvalue weighted by molar-refractivity contribution is 7.83. The van der Waals surface area contributed by atoms with E-state index in [0.717, 1.165) is 5.56 Å². The number of hydrogen-bond acceptors (Lipinski definition) is 3. The van der Waals surface area contributed by atoms with Crippen LogP contribution in [0.4, 0.5) is 0 Å². The molecule has 1 aliphatic rings. The van der Waals surface area contributed by atoms with Gasteiger partial charge in [0.2, 0.25) is 0 Å². The van der Waals surface area contributed by atoms with Crippen LogP contribution in [0.15, 0.2) is 24.3 Å². The minimum absolute atomic E-state index is 0.265. The molecule has 1 amide bonds. The van der Waals surface area contributed by atoms with Crippen LogP contribution in [-0.2, 0) is 21.3 Å². The molecule has 1 saturated heterocycles. The van der Waals surface area contributed by atoms with E-state index in [0.29, 0.717) is 30.7 Å². The molecule has 1 aliphatic heterocycles. The highest BCUT2D eigenvalue weighted by Gasteiger charge is 2.34. The lowest BCUT2D eigenvalue weighted by molar-refractivity contribution is -0.141. The van der Waals surface area contributed by atoms with Gasteiger partial charge in [0.05, 0.1) is 0 Å². The first-order valence-electron chi connectivity index (χ1n) is 6.42. The first-order valence-corrected chi connectivity index (χ1v) is 8.14. The van der Waals surface area contributed by atoms with Gasteiger partial charge >= 0.3 is 5.97 Å². The van der Waals surface area contributed by atoms with Gasteiger partial charge in [0.15, 0.2) is 0 Å². The maximum absolute atomic E-state index is 12.4. The van der Waals surface area contributed by atoms with Gasteiger partial charge in [-0.3, -0.25) is 9.00 Å². The minimum Gasteiger partial charge on any atom is -0.480 e. The summed E-state index contributed by atoms with van der Waals surface area (Å²) >= 11 is 0. The topological polar surface area (TPSA) is 74.7 Å². The van der Waals surface area contributed by atoms with Gasteiger partial charge in [-0.1, -0.05) is 12.1 Å². The van der Waals surface area contributed by atoms with E-state index in [4.69, 9.17) is 5.11 Å². The summed E-state index contributed by atoms with van der Waals surface area (Å²) in [6.07, 6.45) is 2.82. The fourth-order valence-electron chi connectivity index (χ4n) is 2.46. The van der Waals surface area contributed by atoms with E-state index >= 15 is 0 Å². The van der Waals surface area contributed by atoms with Crippen LogP contribution in [0.3, 0.4) is 0 Å². The molecule has 0 aromatic heterocycles. The molecule has 0 spiro atoms. The molecule has 108 valence electrons. The minimum atomic E-state index is -0.973. The lowest BCUT2D eigenvalue weighted by atomic mass is 10.1. The number of benzene rings is 1. The monoisotopic (exact) mass is 295 g/mol. The van der Waals surface area contributed by atoms with Gasteiger partial charge in [-0.25, -0.2) is 4.79 Å². The second-order valence-corrected chi connectivity index (χ2v) is 6.35. The molecule has 0 saturated carbocycles. The predicted octanol–water partition coefficient (Wildman–Crippen LogP) is 1.25. The van der Waals surface area contributed by atoms with Crippen LogP contribution in [0, 0.1) is 0 Å². The molecule has 1 N–H and O–H groups in total. The molecular weight excluding hydrogens is 278 g/mol. The van der Waals surface area contributed by atoms with E-state index in [1.54, 1.807) is 24.5 Å². The number of carboxylic acids is 1. The molecule has 0 bridgehead atoms. The Hall–Kier alpha value is -1.69. The summed E-state index contributed by atoms with van der Waals surface area (Å²) in [5, 5.41) is 9.12. The molecule has 2 rings (SSSR count). The summed E-state index contributed by atoms with van der Waals surface area (Å²) in [6, 6.07) is 6.19. The van der Waals surface area contributed by atoms with Gasteiger partial charge in [-0.2, -0.15) is 0 Å². The number of nitrogens with zero attached hydrogens (tertiary/aromatic N) is 1. The number of hydrogen-bond donors (Lipinski definition) is 1. The molecular formula is C14H17NO4S. The molecule has 6 heteroatoms. The van der Waals surface area contributed by atoms with Crippen molar-refractivity contribution in [2.45, 2.75) is 24.6 Å². The Balaban J connectivity index is 2.20. The number of carbonyl (C=O) groups is 2. The summed E-state index contributed by atoms with van der Waals surface area (Å²) < 4.78 is 11.2. The smallest absolute Gasteiger partial charge is 0.326 e. The van der Waals surface area contributed by atoms with Crippen molar-refractivity contribution in [3.63, 3.8) is 0 Å². The van der Waals surface area contributed by atoms with Gasteiger partial charge in [0, 0.05) is 34.9 Å². The zero-order valence-electron chi connectivity index (χ0n) is 11.2. The average Bonchev–Trinajstić information content (AvgIpc) is 2.86. The first-order chi connectivity index (χ1) is 9.49. The Labute approximate surface area is 120 Å². The van der Waals surface area contributed by atoms with Crippen LogP contribution in [-0.4, -0.2) is 44.9 Å². The Kier molecular flexibility index (Phi) is 4.54. The van der Waals surface area contributed by atoms with Crippen LogP contribution in [0.5, 0.6) is 0 Å². The molecule has 20 heavy (non-hydrogen) atoms. The fourth-order valence-corrected chi connectivity index (χ4v) is 3.11. The highest BCUT2D eigenvalue weighted by atomic mass is 32.2. The summed E-state index contributed by atoms with van der Waals surface area (Å²) in [5.41, 5.74) is 1.28. The summed E-state index contributed by atoms with van der Waals surface area (Å²) in [4.78, 5) is 24.9. The lowest BCUT2D eigenvalue weighted by Crippen LogP contribution is -2.40. The number of aliphatic carboxylic acids is 1. The van der Waals surface area contributed by atoms with Gasteiger partial charge in [-0.15, -0.1) is 0 Å². The molecule has 2 atom stereocenters. The van der Waals surface area contributed by atoms with Crippen LogP contribution >= 0.6 is 0 Å². The second kappa shape index (κ2) is 6.17. The van der Waals surface area contributed by atoms with Crippen molar-refractivity contribution in [1.29, 1.82) is 0 Å². The molecule has 1 unspecified atom stereocenters. The summed E-state index contributed by atoms with van der Waals surface area (Å²) in [5.74, 6) is -0.830. The Bertz CT molecular complexity index is 558. The van der Waals surface area contributed by atoms with E-state index in [2.05, 4.69) is 0 Å². The third kappa shape index (κ3) is 3.25. The Morgan fingerprint density at radius 3 is 2.85 bits per heavy atom. The largest absolute Gasteiger partial charge is 0.480 e. The zero-order chi connectivity index (χ0) is 14.7. The number of carboxylic acid groups (broad SMARTS) is 1. The molecule has 1 aromatic rings. The van der Waals surface area contributed by atoms with E-state index in [9.17, 15) is 13.8 Å². The van der Waals surface area contributed by atoms with Crippen molar-refractivity contribution >= 4 is 22.7 Å². The van der Waals surface area contributed by atoms with Gasteiger partial charge in [-0.05, 0) is 30.5 Å². The number of rotatable bonds is 4. The average molecular weight is 295 g/mol. The van der Waals surface area contributed by atoms with Crippen molar-refractivity contribution in [2.75, 3.05) is 12.8 Å². The van der Waals surface area contributed by atoms with Crippen molar-refractivity contribution in [1.82, 2.24) is 4.90 Å². The zero-order valence-corrected chi connectivity index (χ0v) is 12.1. The molecule has 0 radical (unpaired) electrons. The number of carbonyl (C=O) groups excluding carboxylic acids is 1. The van der Waals surface area contributed by atoms with Crippen LogP contribution < -0.4 is 0 Å². The Morgan fingerprint density at radius 1 is 1.45 bits per heavy atom. The van der Waals surface area contributed by atoms with Gasteiger partial charge in [0.1, 0.15) is 6.04 Å². The molecule has 1 fully saturated rings. The van der Waals surface area contributed by atoms with Gasteiger partial charge in [0.25, 0.3) is 5.91 Å². The predicted molar refractivity (Wildman–Crippen MR) is 75.9 cm³/mol. The lowest BCUT2D eigenvalue weighted by Gasteiger charge is -2.21. The SMILES string of the molecule is CS(=O)Cc1cccc(C(=O)N2CCC[C@@H]2C(=O)O)c1. The van der Waals surface area contributed by atoms with Crippen LogP contribution in [0.25, 0.3) is 0 Å². The van der Waals surface area contributed by atoms with E-state index in [1.165, 1.54) is 4.90 Å². The maximum atomic E-state index is 12.4. The van der Waals surface area contributed by atoms with Crippen LogP contribution in [0.2, 0.25) is 0 Å². The fraction of sp³-hybridized carbons (Fsp3) is 0.429. The summed E-state index contributed by atoms with van der Waals surface area (Å²) in [7, 11) is -0.973. The quantitative estimate of drug-likeness (QED) is 0.907. The van der Waals surface area contributed by atoms with Crippen molar-refractivity contribution in [2.24, 2.45) is 0 Å². The summed E-state index contributed by atoms with van der Waals surface area (Å²) in [6.45, 7) is 0.472. The standard InChI is InChI=1S/C14H17NO4S/c1-20(19)9-10-4-2-5-11(8-10)13(16)15-7-3-6-12(15)14(17)18/h2,4-5,8,12H,3,6-7,9H2,1H3,(H,17,18)/t12-,20?/m1/s1. The second-order valence-electron chi connectivity index (χ2n) is 4.91. The van der Waals surface area contributed by atoms with Gasteiger partial charge < -0.3 is 10.0 Å². The number of likely N-dealkylation sites (tertiary alicyclic amines) is 1. The molecule has 1 aromatic carbocycles. The third-order valence-electron chi connectivity index (χ3n) is 3.34. The molecule has 0 aliphatic carbocycles.